The van der Waals surface area contributed by atoms with Crippen molar-refractivity contribution >= 4 is 17.2 Å². The van der Waals surface area contributed by atoms with Crippen LogP contribution in [0.15, 0.2) is 47.8 Å². The summed E-state index contributed by atoms with van der Waals surface area (Å²) in [4.78, 5) is 16.4. The fourth-order valence-corrected chi connectivity index (χ4v) is 3.44. The van der Waals surface area contributed by atoms with Gasteiger partial charge in [0.2, 0.25) is 0 Å². The summed E-state index contributed by atoms with van der Waals surface area (Å²) >= 11 is 1.68. The van der Waals surface area contributed by atoms with E-state index in [2.05, 4.69) is 42.7 Å². The van der Waals surface area contributed by atoms with Crippen molar-refractivity contribution in [1.82, 2.24) is 10.3 Å². The third-order valence-electron chi connectivity index (χ3n) is 4.07. The minimum absolute atomic E-state index is 0.0737. The Kier molecular flexibility index (Phi) is 4.76. The van der Waals surface area contributed by atoms with Crippen molar-refractivity contribution in [2.45, 2.75) is 20.3 Å². The standard InChI is InChI=1S/C20H20N2OS/c1-13-4-5-14(2)17(10-13)11-19-22-18(12-24-19)15-6-8-16(9-7-15)20(23)21-3/h4-10,12H,11H2,1-3H3,(H,21,23). The Morgan fingerprint density at radius 2 is 1.88 bits per heavy atom. The Bertz CT molecular complexity index is 866. The second-order valence-corrected chi connectivity index (χ2v) is 6.83. The molecule has 3 rings (SSSR count). The fraction of sp³-hybridized carbons (Fsp3) is 0.200. The topological polar surface area (TPSA) is 42.0 Å². The van der Waals surface area contributed by atoms with Crippen LogP contribution in [0.2, 0.25) is 0 Å². The number of benzene rings is 2. The quantitative estimate of drug-likeness (QED) is 0.768. The summed E-state index contributed by atoms with van der Waals surface area (Å²) in [5.41, 5.74) is 6.55. The zero-order valence-electron chi connectivity index (χ0n) is 14.1. The van der Waals surface area contributed by atoms with E-state index in [9.17, 15) is 4.79 Å². The smallest absolute Gasteiger partial charge is 0.251 e. The van der Waals surface area contributed by atoms with Crippen LogP contribution in [0.5, 0.6) is 0 Å². The van der Waals surface area contributed by atoms with E-state index >= 15 is 0 Å². The lowest BCUT2D eigenvalue weighted by molar-refractivity contribution is 0.0963. The van der Waals surface area contributed by atoms with E-state index < -0.39 is 0 Å². The molecule has 0 bridgehead atoms. The molecule has 0 radical (unpaired) electrons. The lowest BCUT2D eigenvalue weighted by atomic mass is 10.0. The average molecular weight is 336 g/mol. The fourth-order valence-electron chi connectivity index (χ4n) is 2.62. The van der Waals surface area contributed by atoms with Gasteiger partial charge in [0.1, 0.15) is 0 Å². The van der Waals surface area contributed by atoms with Crippen molar-refractivity contribution in [2.24, 2.45) is 0 Å². The summed E-state index contributed by atoms with van der Waals surface area (Å²) in [6, 6.07) is 14.1. The van der Waals surface area contributed by atoms with Gasteiger partial charge in [-0.25, -0.2) is 4.98 Å². The number of aryl methyl sites for hydroxylation is 2. The summed E-state index contributed by atoms with van der Waals surface area (Å²) in [6.07, 6.45) is 0.856. The Labute approximate surface area is 146 Å². The second-order valence-electron chi connectivity index (χ2n) is 5.89. The first kappa shape index (κ1) is 16.4. The van der Waals surface area contributed by atoms with E-state index in [1.165, 1.54) is 16.7 Å². The zero-order valence-corrected chi connectivity index (χ0v) is 14.9. The SMILES string of the molecule is CNC(=O)c1ccc(-c2csc(Cc3cc(C)ccc3C)n2)cc1. The highest BCUT2D eigenvalue weighted by Gasteiger charge is 2.09. The lowest BCUT2D eigenvalue weighted by Gasteiger charge is -2.05. The molecule has 122 valence electrons. The van der Waals surface area contributed by atoms with E-state index in [1.54, 1.807) is 18.4 Å². The van der Waals surface area contributed by atoms with Gasteiger partial charge in [-0.1, -0.05) is 35.9 Å². The molecule has 1 amide bonds. The van der Waals surface area contributed by atoms with Gasteiger partial charge in [0.15, 0.2) is 0 Å². The number of nitrogens with one attached hydrogen (secondary N) is 1. The monoisotopic (exact) mass is 336 g/mol. The molecule has 1 heterocycles. The van der Waals surface area contributed by atoms with Crippen LogP contribution >= 0.6 is 11.3 Å². The van der Waals surface area contributed by atoms with Gasteiger partial charge in [-0.3, -0.25) is 4.79 Å². The molecule has 0 fully saturated rings. The molecule has 0 saturated heterocycles. The molecule has 2 aromatic carbocycles. The van der Waals surface area contributed by atoms with Gasteiger partial charge in [-0.2, -0.15) is 0 Å². The Morgan fingerprint density at radius 1 is 1.12 bits per heavy atom. The highest BCUT2D eigenvalue weighted by molar-refractivity contribution is 7.10. The Morgan fingerprint density at radius 3 is 2.58 bits per heavy atom. The number of amides is 1. The molecule has 0 aliphatic rings. The average Bonchev–Trinajstić information content (AvgIpc) is 3.06. The third kappa shape index (κ3) is 3.54. The number of carbonyl (C=O) groups is 1. The van der Waals surface area contributed by atoms with Crippen LogP contribution in [-0.4, -0.2) is 17.9 Å². The van der Waals surface area contributed by atoms with Crippen LogP contribution in [-0.2, 0) is 6.42 Å². The third-order valence-corrected chi connectivity index (χ3v) is 4.92. The van der Waals surface area contributed by atoms with Gasteiger partial charge in [0.05, 0.1) is 10.7 Å². The maximum absolute atomic E-state index is 11.6. The van der Waals surface area contributed by atoms with Crippen LogP contribution in [0.4, 0.5) is 0 Å². The number of aromatic nitrogens is 1. The van der Waals surface area contributed by atoms with Gasteiger partial charge < -0.3 is 5.32 Å². The van der Waals surface area contributed by atoms with Crippen molar-refractivity contribution in [3.63, 3.8) is 0 Å². The summed E-state index contributed by atoms with van der Waals surface area (Å²) in [7, 11) is 1.64. The number of hydrogen-bond donors (Lipinski definition) is 1. The van der Waals surface area contributed by atoms with Gasteiger partial charge in [-0.15, -0.1) is 11.3 Å². The molecule has 0 aliphatic carbocycles. The van der Waals surface area contributed by atoms with Crippen LogP contribution < -0.4 is 5.32 Å². The van der Waals surface area contributed by atoms with E-state index in [0.717, 1.165) is 22.7 Å². The minimum Gasteiger partial charge on any atom is -0.355 e. The van der Waals surface area contributed by atoms with E-state index in [1.807, 2.05) is 24.3 Å². The number of hydrogen-bond acceptors (Lipinski definition) is 3. The highest BCUT2D eigenvalue weighted by atomic mass is 32.1. The van der Waals surface area contributed by atoms with Crippen molar-refractivity contribution in [3.8, 4) is 11.3 Å². The summed E-state index contributed by atoms with van der Waals surface area (Å²) in [5.74, 6) is -0.0737. The number of thiazole rings is 1. The lowest BCUT2D eigenvalue weighted by Crippen LogP contribution is -2.17. The minimum atomic E-state index is -0.0737. The van der Waals surface area contributed by atoms with Crippen LogP contribution in [0.3, 0.4) is 0 Å². The maximum Gasteiger partial charge on any atom is 0.251 e. The number of rotatable bonds is 4. The first-order valence-corrected chi connectivity index (χ1v) is 8.78. The predicted molar refractivity (Wildman–Crippen MR) is 99.7 cm³/mol. The summed E-state index contributed by atoms with van der Waals surface area (Å²) in [6.45, 7) is 4.25. The van der Waals surface area contributed by atoms with Crippen molar-refractivity contribution < 1.29 is 4.79 Å². The van der Waals surface area contributed by atoms with Gasteiger partial charge in [-0.05, 0) is 37.1 Å². The molecule has 3 nitrogen and oxygen atoms in total. The van der Waals surface area contributed by atoms with Crippen LogP contribution in [0.1, 0.15) is 32.1 Å². The van der Waals surface area contributed by atoms with Crippen LogP contribution in [0, 0.1) is 13.8 Å². The molecule has 0 saturated carbocycles. The zero-order chi connectivity index (χ0) is 17.1. The van der Waals surface area contributed by atoms with E-state index in [-0.39, 0.29) is 5.91 Å². The van der Waals surface area contributed by atoms with Crippen molar-refractivity contribution in [2.75, 3.05) is 7.05 Å². The second kappa shape index (κ2) is 6.97. The van der Waals surface area contributed by atoms with Gasteiger partial charge in [0, 0.05) is 30.0 Å². The largest absolute Gasteiger partial charge is 0.355 e. The van der Waals surface area contributed by atoms with E-state index in [4.69, 9.17) is 4.98 Å². The maximum atomic E-state index is 11.6. The summed E-state index contributed by atoms with van der Waals surface area (Å²) in [5, 5.41) is 5.81. The van der Waals surface area contributed by atoms with Gasteiger partial charge >= 0.3 is 0 Å². The molecule has 4 heteroatoms. The molecule has 0 spiro atoms. The Balaban J connectivity index is 1.80. The Hall–Kier alpha value is -2.46. The number of carbonyl (C=O) groups excluding carboxylic acids is 1. The van der Waals surface area contributed by atoms with Crippen molar-refractivity contribution in [3.05, 3.63) is 75.1 Å². The predicted octanol–water partition coefficient (Wildman–Crippen LogP) is 4.38. The highest BCUT2D eigenvalue weighted by Crippen LogP contribution is 2.25. The first-order valence-electron chi connectivity index (χ1n) is 7.90. The van der Waals surface area contributed by atoms with Crippen molar-refractivity contribution in [1.29, 1.82) is 0 Å². The normalized spacial score (nSPS) is 10.6. The molecular weight excluding hydrogens is 316 g/mol. The van der Waals surface area contributed by atoms with Crippen LogP contribution in [0.25, 0.3) is 11.3 Å². The first-order chi connectivity index (χ1) is 11.6. The molecule has 3 aromatic rings. The molecular formula is C20H20N2OS. The van der Waals surface area contributed by atoms with Gasteiger partial charge in [0.25, 0.3) is 5.91 Å². The molecule has 1 N–H and O–H groups in total. The van der Waals surface area contributed by atoms with E-state index in [0.29, 0.717) is 5.56 Å². The molecule has 24 heavy (non-hydrogen) atoms. The summed E-state index contributed by atoms with van der Waals surface area (Å²) < 4.78 is 0. The molecule has 0 atom stereocenters. The number of nitrogens with zero attached hydrogens (tertiary/aromatic N) is 1. The molecule has 0 aliphatic heterocycles. The molecule has 1 aromatic heterocycles. The molecule has 0 unspecified atom stereocenters.